The van der Waals surface area contributed by atoms with Crippen molar-refractivity contribution in [2.75, 3.05) is 49.7 Å². The van der Waals surface area contributed by atoms with Crippen LogP contribution in [-0.2, 0) is 9.47 Å². The van der Waals surface area contributed by atoms with Crippen LogP contribution < -0.4 is 10.2 Å². The number of nitrogens with one attached hydrogen (secondary N) is 1. The van der Waals surface area contributed by atoms with Crippen LogP contribution in [0, 0.1) is 6.92 Å². The Labute approximate surface area is 202 Å². The number of nitrogens with zero attached hydrogens (tertiary/aromatic N) is 5. The second-order valence-corrected chi connectivity index (χ2v) is 9.03. The average molecular weight is 477 g/mol. The number of benzene rings is 2. The minimum absolute atomic E-state index is 0.330. The fraction of sp³-hybridized carbons (Fsp3) is 0.320. The van der Waals surface area contributed by atoms with E-state index in [0.717, 1.165) is 65.9 Å². The molecule has 2 saturated heterocycles. The highest BCUT2D eigenvalue weighted by molar-refractivity contribution is 6.30. The van der Waals surface area contributed by atoms with Gasteiger partial charge in [-0.05, 0) is 43.3 Å². The van der Waals surface area contributed by atoms with Crippen molar-refractivity contribution in [2.24, 2.45) is 0 Å². The van der Waals surface area contributed by atoms with E-state index in [1.165, 1.54) is 0 Å². The Morgan fingerprint density at radius 2 is 1.74 bits per heavy atom. The van der Waals surface area contributed by atoms with Crippen molar-refractivity contribution in [1.82, 2.24) is 19.5 Å². The second kappa shape index (κ2) is 8.87. The van der Waals surface area contributed by atoms with Gasteiger partial charge in [-0.15, -0.1) is 0 Å². The predicted octanol–water partition coefficient (Wildman–Crippen LogP) is 4.61. The summed E-state index contributed by atoms with van der Waals surface area (Å²) in [6, 6.07) is 16.2. The van der Waals surface area contributed by atoms with Gasteiger partial charge in [-0.1, -0.05) is 17.7 Å². The minimum Gasteiger partial charge on any atom is -0.378 e. The Morgan fingerprint density at radius 3 is 2.47 bits per heavy atom. The van der Waals surface area contributed by atoms with E-state index in [-0.39, 0.29) is 0 Å². The van der Waals surface area contributed by atoms with Crippen molar-refractivity contribution in [3.05, 3.63) is 59.4 Å². The zero-order valence-electron chi connectivity index (χ0n) is 18.9. The molecule has 0 radical (unpaired) electrons. The summed E-state index contributed by atoms with van der Waals surface area (Å²) in [6.07, 6.45) is 0. The van der Waals surface area contributed by atoms with Crippen molar-refractivity contribution >= 4 is 40.1 Å². The number of hydrogen-bond donors (Lipinski definition) is 1. The summed E-state index contributed by atoms with van der Waals surface area (Å²) in [5.74, 6) is 2.42. The predicted molar refractivity (Wildman–Crippen MR) is 133 cm³/mol. The minimum atomic E-state index is 0.330. The third-order valence-corrected chi connectivity index (χ3v) is 6.52. The third-order valence-electron chi connectivity index (χ3n) is 6.27. The summed E-state index contributed by atoms with van der Waals surface area (Å²) < 4.78 is 13.2. The quantitative estimate of drug-likeness (QED) is 0.450. The lowest BCUT2D eigenvalue weighted by molar-refractivity contribution is -0.0224. The van der Waals surface area contributed by atoms with Gasteiger partial charge in [0.2, 0.25) is 5.95 Å². The Morgan fingerprint density at radius 1 is 0.941 bits per heavy atom. The molecule has 0 aliphatic carbocycles. The second-order valence-electron chi connectivity index (χ2n) is 8.59. The highest BCUT2D eigenvalue weighted by atomic mass is 35.5. The summed E-state index contributed by atoms with van der Waals surface area (Å²) >= 11 is 6.06. The van der Waals surface area contributed by atoms with Gasteiger partial charge < -0.3 is 24.3 Å². The van der Waals surface area contributed by atoms with Crippen LogP contribution in [0.25, 0.3) is 22.3 Å². The number of halogens is 1. The molecule has 0 saturated carbocycles. The Kier molecular flexibility index (Phi) is 5.57. The van der Waals surface area contributed by atoms with Crippen LogP contribution in [0.15, 0.2) is 48.5 Å². The summed E-state index contributed by atoms with van der Waals surface area (Å²) in [7, 11) is 0. The first-order valence-corrected chi connectivity index (χ1v) is 11.8. The fourth-order valence-corrected chi connectivity index (χ4v) is 4.56. The molecule has 0 unspecified atom stereocenters. The van der Waals surface area contributed by atoms with E-state index in [2.05, 4.69) is 33.0 Å². The topological polar surface area (TPSA) is 77.3 Å². The molecule has 0 amide bonds. The highest BCUT2D eigenvalue weighted by Gasteiger charge is 2.24. The highest BCUT2D eigenvalue weighted by Crippen LogP contribution is 2.31. The van der Waals surface area contributed by atoms with Crippen LogP contribution in [0.3, 0.4) is 0 Å². The average Bonchev–Trinajstić information content (AvgIpc) is 3.15. The standard InChI is InChI=1S/C25H25ClN6O2/c1-16-27-21-7-2-17(12-23(21)32(16)20-14-34-15-20)22-13-24(28-19-5-3-18(26)4-6-19)30-25(29-22)31-8-10-33-11-9-31/h2-7,12-13,20H,8-11,14-15H2,1H3,(H,28,29,30). The van der Waals surface area contributed by atoms with E-state index in [9.17, 15) is 0 Å². The smallest absolute Gasteiger partial charge is 0.228 e. The molecule has 0 atom stereocenters. The molecule has 2 aromatic heterocycles. The van der Waals surface area contributed by atoms with E-state index in [1.807, 2.05) is 37.3 Å². The first-order chi connectivity index (χ1) is 16.6. The summed E-state index contributed by atoms with van der Waals surface area (Å²) in [4.78, 5) is 16.7. The number of rotatable bonds is 5. The number of fused-ring (bicyclic) bond motifs is 1. The van der Waals surface area contributed by atoms with E-state index < -0.39 is 0 Å². The maximum absolute atomic E-state index is 6.06. The third kappa shape index (κ3) is 4.09. The van der Waals surface area contributed by atoms with Gasteiger partial charge in [0.1, 0.15) is 11.6 Å². The van der Waals surface area contributed by atoms with Crippen molar-refractivity contribution in [2.45, 2.75) is 13.0 Å². The lowest BCUT2D eigenvalue weighted by atomic mass is 10.1. The Hall–Kier alpha value is -3.20. The molecule has 34 heavy (non-hydrogen) atoms. The number of anilines is 3. The maximum Gasteiger partial charge on any atom is 0.228 e. The monoisotopic (exact) mass is 476 g/mol. The molecule has 2 aliphatic heterocycles. The fourth-order valence-electron chi connectivity index (χ4n) is 4.44. The van der Waals surface area contributed by atoms with Gasteiger partial charge in [0, 0.05) is 35.4 Å². The van der Waals surface area contributed by atoms with Gasteiger partial charge >= 0.3 is 0 Å². The van der Waals surface area contributed by atoms with Crippen LogP contribution in [-0.4, -0.2) is 59.0 Å². The molecule has 0 spiro atoms. The number of imidazole rings is 1. The normalized spacial score (nSPS) is 16.6. The van der Waals surface area contributed by atoms with Gasteiger partial charge in [-0.3, -0.25) is 0 Å². The first kappa shape index (κ1) is 21.3. The summed E-state index contributed by atoms with van der Waals surface area (Å²) in [5.41, 5.74) is 4.86. The van der Waals surface area contributed by atoms with Gasteiger partial charge in [0.25, 0.3) is 0 Å². The summed E-state index contributed by atoms with van der Waals surface area (Å²) in [6.45, 7) is 6.35. The molecule has 4 heterocycles. The number of hydrogen-bond acceptors (Lipinski definition) is 7. The van der Waals surface area contributed by atoms with Crippen molar-refractivity contribution < 1.29 is 9.47 Å². The molecule has 0 bridgehead atoms. The van der Waals surface area contributed by atoms with E-state index >= 15 is 0 Å². The maximum atomic E-state index is 6.06. The molecular weight excluding hydrogens is 452 g/mol. The Bertz CT molecular complexity index is 1330. The number of aromatic nitrogens is 4. The SMILES string of the molecule is Cc1nc2ccc(-c3cc(Nc4ccc(Cl)cc4)nc(N4CCOCC4)n3)cc2n1C1COC1. The van der Waals surface area contributed by atoms with Crippen LogP contribution >= 0.6 is 11.6 Å². The van der Waals surface area contributed by atoms with Gasteiger partial charge in [0.05, 0.1) is 49.2 Å². The van der Waals surface area contributed by atoms with E-state index in [0.29, 0.717) is 30.2 Å². The molecule has 1 N–H and O–H groups in total. The van der Waals surface area contributed by atoms with E-state index in [4.69, 9.17) is 36.0 Å². The van der Waals surface area contributed by atoms with Crippen LogP contribution in [0.4, 0.5) is 17.5 Å². The van der Waals surface area contributed by atoms with Crippen molar-refractivity contribution in [1.29, 1.82) is 0 Å². The van der Waals surface area contributed by atoms with Crippen LogP contribution in [0.5, 0.6) is 0 Å². The Balaban J connectivity index is 1.42. The summed E-state index contributed by atoms with van der Waals surface area (Å²) in [5, 5.41) is 4.10. The number of aryl methyl sites for hydroxylation is 1. The molecule has 6 rings (SSSR count). The van der Waals surface area contributed by atoms with Gasteiger partial charge in [-0.2, -0.15) is 4.98 Å². The van der Waals surface area contributed by atoms with Gasteiger partial charge in [-0.25, -0.2) is 9.97 Å². The number of morpholine rings is 1. The lowest BCUT2D eigenvalue weighted by Crippen LogP contribution is -2.37. The number of ether oxygens (including phenoxy) is 2. The molecule has 8 nitrogen and oxygen atoms in total. The largest absolute Gasteiger partial charge is 0.378 e. The molecule has 2 fully saturated rings. The molecular formula is C25H25ClN6O2. The van der Waals surface area contributed by atoms with Crippen molar-refractivity contribution in [3.63, 3.8) is 0 Å². The molecule has 2 aromatic carbocycles. The first-order valence-electron chi connectivity index (χ1n) is 11.5. The lowest BCUT2D eigenvalue weighted by Gasteiger charge is -2.29. The zero-order valence-corrected chi connectivity index (χ0v) is 19.6. The van der Waals surface area contributed by atoms with Crippen LogP contribution in [0.2, 0.25) is 5.02 Å². The molecule has 174 valence electrons. The molecule has 4 aromatic rings. The zero-order chi connectivity index (χ0) is 23.1. The van der Waals surface area contributed by atoms with Crippen LogP contribution in [0.1, 0.15) is 11.9 Å². The van der Waals surface area contributed by atoms with E-state index in [1.54, 1.807) is 0 Å². The van der Waals surface area contributed by atoms with Crippen molar-refractivity contribution in [3.8, 4) is 11.3 Å². The van der Waals surface area contributed by atoms with Gasteiger partial charge in [0.15, 0.2) is 0 Å². The molecule has 9 heteroatoms. The molecule has 2 aliphatic rings.